The van der Waals surface area contributed by atoms with Crippen LogP contribution in [-0.2, 0) is 0 Å². The summed E-state index contributed by atoms with van der Waals surface area (Å²) in [5.74, 6) is 0. The van der Waals surface area contributed by atoms with Gasteiger partial charge in [0, 0.05) is 10.2 Å². The van der Waals surface area contributed by atoms with Crippen LogP contribution in [0.5, 0.6) is 0 Å². The molecule has 0 nitrogen and oxygen atoms in total. The van der Waals surface area contributed by atoms with E-state index in [4.69, 9.17) is 0 Å². The largest absolute Gasteiger partial charge is 0.0928 e. The lowest BCUT2D eigenvalue weighted by Gasteiger charge is -1.98. The van der Waals surface area contributed by atoms with Crippen LogP contribution in [0.4, 0.5) is 0 Å². The van der Waals surface area contributed by atoms with Crippen LogP contribution in [0.15, 0.2) is 0 Å². The van der Waals surface area contributed by atoms with Gasteiger partial charge in [-0.1, -0.05) is 38.8 Å². The molecule has 1 unspecified atom stereocenters. The van der Waals surface area contributed by atoms with Crippen LogP contribution >= 0.6 is 31.9 Å². The average molecular weight is 243 g/mol. The van der Waals surface area contributed by atoms with E-state index in [9.17, 15) is 0 Å². The molecule has 0 spiro atoms. The zero-order valence-electron chi connectivity index (χ0n) is 5.03. The summed E-state index contributed by atoms with van der Waals surface area (Å²) < 4.78 is 0. The van der Waals surface area contributed by atoms with Crippen molar-refractivity contribution in [1.82, 2.24) is 0 Å². The molecule has 0 aliphatic rings. The van der Waals surface area contributed by atoms with E-state index in [1.807, 2.05) is 0 Å². The van der Waals surface area contributed by atoms with Gasteiger partial charge in [0.05, 0.1) is 0 Å². The van der Waals surface area contributed by atoms with Crippen LogP contribution in [-0.4, -0.2) is 10.2 Å². The van der Waals surface area contributed by atoms with Crippen LogP contribution < -0.4 is 0 Å². The highest BCUT2D eigenvalue weighted by Gasteiger charge is 1.93. The first-order chi connectivity index (χ1) is 3.77. The predicted molar refractivity (Wildman–Crippen MR) is 45.7 cm³/mol. The number of alkyl halides is 2. The second-order valence-corrected chi connectivity index (χ2v) is 4.14. The summed E-state index contributed by atoms with van der Waals surface area (Å²) in [5, 5.41) is 1.09. The molecule has 0 aromatic carbocycles. The lowest BCUT2D eigenvalue weighted by Crippen LogP contribution is -1.89. The summed E-state index contributed by atoms with van der Waals surface area (Å²) in [7, 11) is 0. The molecule has 0 aliphatic heterocycles. The Morgan fingerprint density at radius 1 is 1.62 bits per heavy atom. The van der Waals surface area contributed by atoms with Gasteiger partial charge in [-0.25, -0.2) is 0 Å². The summed E-state index contributed by atoms with van der Waals surface area (Å²) in [6, 6.07) is 0. The SMILES string of the molecule is CC(Br)C[CH]CCBr. The van der Waals surface area contributed by atoms with Gasteiger partial charge in [0.2, 0.25) is 0 Å². The standard InChI is InChI=1S/C6H11Br2/c1-6(8)4-2-3-5-7/h2,6H,3-5H2,1H3. The fourth-order valence-electron chi connectivity index (χ4n) is 0.425. The maximum atomic E-state index is 3.46. The first-order valence-electron chi connectivity index (χ1n) is 2.79. The molecule has 1 radical (unpaired) electrons. The van der Waals surface area contributed by atoms with Gasteiger partial charge in [0.1, 0.15) is 0 Å². The van der Waals surface area contributed by atoms with E-state index < -0.39 is 0 Å². The summed E-state index contributed by atoms with van der Waals surface area (Å²) in [6.07, 6.45) is 4.63. The number of hydrogen-bond donors (Lipinski definition) is 0. The quantitative estimate of drug-likeness (QED) is 0.525. The van der Waals surface area contributed by atoms with E-state index >= 15 is 0 Å². The van der Waals surface area contributed by atoms with E-state index in [1.54, 1.807) is 0 Å². The zero-order valence-corrected chi connectivity index (χ0v) is 8.20. The molecule has 0 saturated heterocycles. The fourth-order valence-corrected chi connectivity index (χ4v) is 1.01. The zero-order chi connectivity index (χ0) is 6.41. The average Bonchev–Trinajstić information content (AvgIpc) is 1.66. The van der Waals surface area contributed by atoms with E-state index in [0.717, 1.165) is 5.33 Å². The van der Waals surface area contributed by atoms with Crippen molar-refractivity contribution in [1.29, 1.82) is 0 Å². The lowest BCUT2D eigenvalue weighted by atomic mass is 10.2. The van der Waals surface area contributed by atoms with Crippen LogP contribution in [0.1, 0.15) is 19.8 Å². The van der Waals surface area contributed by atoms with E-state index in [-0.39, 0.29) is 0 Å². The third-order valence-electron chi connectivity index (χ3n) is 0.805. The Labute approximate surface area is 68.3 Å². The molecule has 0 aromatic rings. The highest BCUT2D eigenvalue weighted by molar-refractivity contribution is 9.09. The van der Waals surface area contributed by atoms with Gasteiger partial charge >= 0.3 is 0 Å². The van der Waals surface area contributed by atoms with Crippen molar-refractivity contribution in [3.05, 3.63) is 6.42 Å². The van der Waals surface area contributed by atoms with Gasteiger partial charge in [-0.15, -0.1) is 0 Å². The second kappa shape index (κ2) is 6.09. The van der Waals surface area contributed by atoms with Gasteiger partial charge in [-0.3, -0.25) is 0 Å². The molecule has 0 heterocycles. The summed E-state index contributed by atoms with van der Waals surface area (Å²) >= 11 is 6.81. The van der Waals surface area contributed by atoms with Gasteiger partial charge in [-0.2, -0.15) is 0 Å². The van der Waals surface area contributed by atoms with Crippen molar-refractivity contribution < 1.29 is 0 Å². The van der Waals surface area contributed by atoms with Crippen LogP contribution in [0.2, 0.25) is 0 Å². The number of halogens is 2. The molecule has 2 heteroatoms. The maximum Gasteiger partial charge on any atom is 0.0120 e. The molecular formula is C6H11Br2. The molecule has 0 fully saturated rings. The lowest BCUT2D eigenvalue weighted by molar-refractivity contribution is 0.885. The molecule has 0 rings (SSSR count). The Bertz CT molecular complexity index is 43.8. The second-order valence-electron chi connectivity index (χ2n) is 1.78. The minimum atomic E-state index is 0.640. The summed E-state index contributed by atoms with van der Waals surface area (Å²) in [5.41, 5.74) is 0. The van der Waals surface area contributed by atoms with Crippen molar-refractivity contribution in [2.45, 2.75) is 24.6 Å². The van der Waals surface area contributed by atoms with Gasteiger partial charge in [0.25, 0.3) is 0 Å². The van der Waals surface area contributed by atoms with Crippen molar-refractivity contribution in [2.75, 3.05) is 5.33 Å². The van der Waals surface area contributed by atoms with E-state index in [1.165, 1.54) is 12.8 Å². The molecule has 0 aliphatic carbocycles. The normalized spacial score (nSPS) is 13.9. The van der Waals surface area contributed by atoms with Crippen LogP contribution in [0.25, 0.3) is 0 Å². The minimum Gasteiger partial charge on any atom is -0.0928 e. The number of unbranched alkanes of at least 4 members (excludes halogenated alkanes) is 1. The third kappa shape index (κ3) is 6.96. The summed E-state index contributed by atoms with van der Waals surface area (Å²) in [6.45, 7) is 2.16. The van der Waals surface area contributed by atoms with Crippen molar-refractivity contribution in [3.8, 4) is 0 Å². The molecule has 0 N–H and O–H groups in total. The molecule has 1 atom stereocenters. The maximum absolute atomic E-state index is 3.46. The minimum absolute atomic E-state index is 0.640. The van der Waals surface area contributed by atoms with Crippen molar-refractivity contribution in [2.24, 2.45) is 0 Å². The predicted octanol–water partition coefficient (Wildman–Crippen LogP) is 3.15. The third-order valence-corrected chi connectivity index (χ3v) is 1.64. The Balaban J connectivity index is 2.72. The molecule has 0 saturated carbocycles. The van der Waals surface area contributed by atoms with E-state index in [0.29, 0.717) is 4.83 Å². The molecule has 0 amide bonds. The van der Waals surface area contributed by atoms with Gasteiger partial charge in [0.15, 0.2) is 0 Å². The van der Waals surface area contributed by atoms with Crippen molar-refractivity contribution >= 4 is 31.9 Å². The first kappa shape index (κ1) is 8.96. The van der Waals surface area contributed by atoms with Gasteiger partial charge in [-0.05, 0) is 19.3 Å². The first-order valence-corrected chi connectivity index (χ1v) is 4.82. The molecule has 0 bridgehead atoms. The van der Waals surface area contributed by atoms with Crippen LogP contribution in [0, 0.1) is 6.42 Å². The van der Waals surface area contributed by atoms with E-state index in [2.05, 4.69) is 45.2 Å². The smallest absolute Gasteiger partial charge is 0.0120 e. The number of rotatable bonds is 4. The summed E-state index contributed by atoms with van der Waals surface area (Å²) in [4.78, 5) is 0.640. The Kier molecular flexibility index (Phi) is 6.82. The van der Waals surface area contributed by atoms with Crippen LogP contribution in [0.3, 0.4) is 0 Å². The fraction of sp³-hybridized carbons (Fsp3) is 0.833. The monoisotopic (exact) mass is 241 g/mol. The molecular weight excluding hydrogens is 232 g/mol. The highest BCUT2D eigenvalue weighted by atomic mass is 79.9. The highest BCUT2D eigenvalue weighted by Crippen LogP contribution is 2.07. The molecule has 0 aromatic heterocycles. The van der Waals surface area contributed by atoms with Gasteiger partial charge < -0.3 is 0 Å². The Morgan fingerprint density at radius 2 is 2.25 bits per heavy atom. The number of hydrogen-bond acceptors (Lipinski definition) is 0. The molecule has 8 heavy (non-hydrogen) atoms. The Morgan fingerprint density at radius 3 is 2.62 bits per heavy atom. The molecule has 49 valence electrons. The van der Waals surface area contributed by atoms with Crippen molar-refractivity contribution in [3.63, 3.8) is 0 Å². The Hall–Kier alpha value is 0.960. The topological polar surface area (TPSA) is 0 Å².